The van der Waals surface area contributed by atoms with Crippen LogP contribution in [0.15, 0.2) is 42.7 Å². The summed E-state index contributed by atoms with van der Waals surface area (Å²) in [6, 6.07) is 10.5. The van der Waals surface area contributed by atoms with Crippen molar-refractivity contribution in [3.05, 3.63) is 54.1 Å². The van der Waals surface area contributed by atoms with Gasteiger partial charge >= 0.3 is 0 Å². The van der Waals surface area contributed by atoms with E-state index in [2.05, 4.69) is 44.2 Å². The van der Waals surface area contributed by atoms with Crippen molar-refractivity contribution in [3.63, 3.8) is 0 Å². The maximum Gasteiger partial charge on any atom is 0.169 e. The van der Waals surface area contributed by atoms with Crippen LogP contribution in [0.25, 0.3) is 0 Å². The number of ether oxygens (including phenoxy) is 1. The number of hydrogen-bond acceptors (Lipinski definition) is 3. The van der Waals surface area contributed by atoms with Gasteiger partial charge < -0.3 is 19.5 Å². The van der Waals surface area contributed by atoms with Gasteiger partial charge in [0.05, 0.1) is 23.9 Å². The number of pyridine rings is 1. The zero-order chi connectivity index (χ0) is 16.5. The van der Waals surface area contributed by atoms with Crippen LogP contribution in [0.1, 0.15) is 36.3 Å². The molecule has 1 N–H and O–H groups in total. The molecule has 0 bridgehead atoms. The predicted octanol–water partition coefficient (Wildman–Crippen LogP) is 2.66. The van der Waals surface area contributed by atoms with E-state index in [0.717, 1.165) is 36.8 Å². The zero-order valence-corrected chi connectivity index (χ0v) is 14.6. The molecule has 0 amide bonds. The Morgan fingerprint density at radius 2 is 2.25 bits per heavy atom. The van der Waals surface area contributed by atoms with Gasteiger partial charge in [0.1, 0.15) is 0 Å². The quantitative estimate of drug-likeness (QED) is 0.866. The number of thiocarbonyl (C=S) groups is 1. The van der Waals surface area contributed by atoms with Gasteiger partial charge in [-0.05, 0) is 49.3 Å². The Morgan fingerprint density at radius 1 is 1.33 bits per heavy atom. The number of nitrogens with zero attached hydrogens (tertiary/aromatic N) is 3. The van der Waals surface area contributed by atoms with E-state index in [4.69, 9.17) is 17.0 Å². The Bertz CT molecular complexity index is 711. The molecule has 0 spiro atoms. The molecular weight excluding hydrogens is 320 g/mol. The Morgan fingerprint density at radius 3 is 3.00 bits per heavy atom. The first kappa shape index (κ1) is 15.6. The van der Waals surface area contributed by atoms with Gasteiger partial charge in [0.2, 0.25) is 0 Å². The molecule has 24 heavy (non-hydrogen) atoms. The molecule has 2 aliphatic heterocycles. The molecule has 2 aliphatic rings. The van der Waals surface area contributed by atoms with Gasteiger partial charge in [-0.1, -0.05) is 6.07 Å². The Balaban J connectivity index is 1.65. The van der Waals surface area contributed by atoms with Crippen LogP contribution in [0.4, 0.5) is 0 Å². The van der Waals surface area contributed by atoms with Crippen molar-refractivity contribution in [2.24, 2.45) is 0 Å². The number of aromatic nitrogens is 2. The summed E-state index contributed by atoms with van der Waals surface area (Å²) in [5, 5.41) is 4.19. The summed E-state index contributed by atoms with van der Waals surface area (Å²) in [4.78, 5) is 6.67. The highest BCUT2D eigenvalue weighted by Gasteiger charge is 2.39. The standard InChI is InChI=1S/C18H22N4OS/c1-21-17(16(20-18(21)24)14-7-2-3-9-19-14)15-8-4-10-22(15)12-13-6-5-11-23-13/h2-4,7-10,13,16-17H,5-6,11-12H2,1H3,(H,20,24)/t13-,16-,17-/m1/s1. The fourth-order valence-electron chi connectivity index (χ4n) is 3.70. The number of nitrogens with one attached hydrogen (secondary N) is 1. The van der Waals surface area contributed by atoms with Crippen molar-refractivity contribution >= 4 is 17.3 Å². The van der Waals surface area contributed by atoms with Crippen molar-refractivity contribution in [1.29, 1.82) is 0 Å². The first-order chi connectivity index (χ1) is 11.7. The Hall–Kier alpha value is -1.92. The largest absolute Gasteiger partial charge is 0.376 e. The lowest BCUT2D eigenvalue weighted by molar-refractivity contribution is 0.0955. The third kappa shape index (κ3) is 2.80. The van der Waals surface area contributed by atoms with E-state index in [0.29, 0.717) is 6.10 Å². The summed E-state index contributed by atoms with van der Waals surface area (Å²) >= 11 is 5.51. The van der Waals surface area contributed by atoms with Crippen LogP contribution < -0.4 is 5.32 Å². The van der Waals surface area contributed by atoms with Crippen LogP contribution in [-0.2, 0) is 11.3 Å². The van der Waals surface area contributed by atoms with Crippen LogP contribution >= 0.6 is 12.2 Å². The molecule has 126 valence electrons. The number of rotatable bonds is 4. The summed E-state index contributed by atoms with van der Waals surface area (Å²) in [6.45, 7) is 1.78. The van der Waals surface area contributed by atoms with E-state index in [9.17, 15) is 0 Å². The van der Waals surface area contributed by atoms with Crippen LogP contribution in [0, 0.1) is 0 Å². The van der Waals surface area contributed by atoms with Gasteiger partial charge in [0, 0.05) is 38.3 Å². The van der Waals surface area contributed by atoms with Crippen molar-refractivity contribution in [2.75, 3.05) is 13.7 Å². The van der Waals surface area contributed by atoms with Crippen LogP contribution in [0.5, 0.6) is 0 Å². The first-order valence-electron chi connectivity index (χ1n) is 8.45. The van der Waals surface area contributed by atoms with Gasteiger partial charge in [-0.15, -0.1) is 0 Å². The van der Waals surface area contributed by atoms with Crippen LogP contribution in [0.2, 0.25) is 0 Å². The predicted molar refractivity (Wildman–Crippen MR) is 96.6 cm³/mol. The molecule has 0 saturated carbocycles. The Kier molecular flexibility index (Phi) is 4.24. The van der Waals surface area contributed by atoms with Crippen molar-refractivity contribution < 1.29 is 4.74 Å². The lowest BCUT2D eigenvalue weighted by Gasteiger charge is -2.26. The average Bonchev–Trinajstić information content (AvgIpc) is 3.32. The maximum atomic E-state index is 5.82. The van der Waals surface area contributed by atoms with Gasteiger partial charge in [-0.3, -0.25) is 4.98 Å². The van der Waals surface area contributed by atoms with Gasteiger partial charge in [0.25, 0.3) is 0 Å². The highest BCUT2D eigenvalue weighted by molar-refractivity contribution is 7.80. The second kappa shape index (κ2) is 6.53. The zero-order valence-electron chi connectivity index (χ0n) is 13.8. The number of likely N-dealkylation sites (N-methyl/N-ethyl adjacent to an activating group) is 1. The first-order valence-corrected chi connectivity index (χ1v) is 8.86. The summed E-state index contributed by atoms with van der Waals surface area (Å²) < 4.78 is 8.12. The minimum Gasteiger partial charge on any atom is -0.376 e. The van der Waals surface area contributed by atoms with Crippen molar-refractivity contribution in [3.8, 4) is 0 Å². The van der Waals surface area contributed by atoms with E-state index in [-0.39, 0.29) is 12.1 Å². The van der Waals surface area contributed by atoms with Gasteiger partial charge in [-0.2, -0.15) is 0 Å². The normalized spacial score (nSPS) is 26.8. The second-order valence-corrected chi connectivity index (χ2v) is 6.84. The molecule has 0 radical (unpaired) electrons. The molecule has 2 aromatic rings. The van der Waals surface area contributed by atoms with Crippen molar-refractivity contribution in [2.45, 2.75) is 37.6 Å². The molecule has 4 rings (SSSR count). The highest BCUT2D eigenvalue weighted by Crippen LogP contribution is 2.37. The molecule has 2 aromatic heterocycles. The maximum absolute atomic E-state index is 5.82. The number of hydrogen-bond donors (Lipinski definition) is 1. The summed E-state index contributed by atoms with van der Waals surface area (Å²) in [7, 11) is 2.05. The molecule has 5 nitrogen and oxygen atoms in total. The SMILES string of the molecule is CN1C(=S)N[C@H](c2ccccn2)[C@H]1c1cccn1C[C@H]1CCCO1. The topological polar surface area (TPSA) is 42.3 Å². The minimum atomic E-state index is 0.0573. The Labute approximate surface area is 147 Å². The molecule has 0 aliphatic carbocycles. The molecule has 2 saturated heterocycles. The van der Waals surface area contributed by atoms with Crippen LogP contribution in [-0.4, -0.2) is 39.3 Å². The third-order valence-corrected chi connectivity index (χ3v) is 5.34. The lowest BCUT2D eigenvalue weighted by Crippen LogP contribution is -2.27. The van der Waals surface area contributed by atoms with E-state index >= 15 is 0 Å². The van der Waals surface area contributed by atoms with E-state index < -0.39 is 0 Å². The van der Waals surface area contributed by atoms with Gasteiger partial charge in [-0.25, -0.2) is 0 Å². The molecule has 3 atom stereocenters. The van der Waals surface area contributed by atoms with E-state index in [1.807, 2.05) is 25.4 Å². The lowest BCUT2D eigenvalue weighted by atomic mass is 10.0. The average molecular weight is 342 g/mol. The molecule has 2 fully saturated rings. The summed E-state index contributed by atoms with van der Waals surface area (Å²) in [5.41, 5.74) is 2.26. The fraction of sp³-hybridized carbons (Fsp3) is 0.444. The minimum absolute atomic E-state index is 0.0573. The molecule has 0 unspecified atom stereocenters. The monoisotopic (exact) mass is 342 g/mol. The molecule has 0 aromatic carbocycles. The van der Waals surface area contributed by atoms with Crippen LogP contribution in [0.3, 0.4) is 0 Å². The molecular formula is C18H22N4OS. The molecule has 4 heterocycles. The molecule has 6 heteroatoms. The van der Waals surface area contributed by atoms with E-state index in [1.54, 1.807) is 0 Å². The third-order valence-electron chi connectivity index (χ3n) is 4.93. The fourth-order valence-corrected chi connectivity index (χ4v) is 3.94. The smallest absolute Gasteiger partial charge is 0.169 e. The highest BCUT2D eigenvalue weighted by atomic mass is 32.1. The van der Waals surface area contributed by atoms with E-state index in [1.165, 1.54) is 5.69 Å². The van der Waals surface area contributed by atoms with Crippen molar-refractivity contribution in [1.82, 2.24) is 19.8 Å². The van der Waals surface area contributed by atoms with Gasteiger partial charge in [0.15, 0.2) is 5.11 Å². The summed E-state index contributed by atoms with van der Waals surface area (Å²) in [5.74, 6) is 0. The second-order valence-electron chi connectivity index (χ2n) is 6.46. The summed E-state index contributed by atoms with van der Waals surface area (Å²) in [6.07, 6.45) is 6.59.